The zero-order valence-electron chi connectivity index (χ0n) is 15.5. The van der Waals surface area contributed by atoms with E-state index in [1.54, 1.807) is 24.3 Å². The van der Waals surface area contributed by atoms with Crippen LogP contribution in [0.25, 0.3) is 0 Å². The molecule has 0 aliphatic rings. The predicted molar refractivity (Wildman–Crippen MR) is 105 cm³/mol. The summed E-state index contributed by atoms with van der Waals surface area (Å²) in [5.41, 5.74) is 0.604. The monoisotopic (exact) mass is 407 g/mol. The van der Waals surface area contributed by atoms with Gasteiger partial charge in [-0.1, -0.05) is 18.2 Å². The number of ether oxygens (including phenoxy) is 1. The van der Waals surface area contributed by atoms with Gasteiger partial charge in [0.05, 0.1) is 23.5 Å². The number of nitrogens with zero attached hydrogens (tertiary/aromatic N) is 2. The van der Waals surface area contributed by atoms with Crippen molar-refractivity contribution >= 4 is 27.3 Å². The van der Waals surface area contributed by atoms with Crippen LogP contribution in [0, 0.1) is 10.1 Å². The average molecular weight is 407 g/mol. The highest BCUT2D eigenvalue weighted by molar-refractivity contribution is 7.92. The first-order valence-corrected chi connectivity index (χ1v) is 10.3. The Balaban J connectivity index is 2.07. The molecule has 2 aromatic rings. The fraction of sp³-hybridized carbons (Fsp3) is 0.278. The highest BCUT2D eigenvalue weighted by Crippen LogP contribution is 2.23. The van der Waals surface area contributed by atoms with Gasteiger partial charge >= 0.3 is 0 Å². The molecule has 2 aromatic carbocycles. The van der Waals surface area contributed by atoms with Crippen molar-refractivity contribution in [2.75, 3.05) is 23.7 Å². The highest BCUT2D eigenvalue weighted by atomic mass is 32.2. The molecule has 0 saturated carbocycles. The third-order valence-corrected chi connectivity index (χ3v) is 4.88. The number of sulfonamides is 1. The first-order chi connectivity index (χ1) is 13.2. The summed E-state index contributed by atoms with van der Waals surface area (Å²) in [5, 5.41) is 13.6. The highest BCUT2D eigenvalue weighted by Gasteiger charge is 2.22. The zero-order chi connectivity index (χ0) is 20.7. The van der Waals surface area contributed by atoms with Gasteiger partial charge in [-0.15, -0.1) is 0 Å². The van der Waals surface area contributed by atoms with E-state index in [-0.39, 0.29) is 17.9 Å². The Bertz CT molecular complexity index is 944. The van der Waals surface area contributed by atoms with Gasteiger partial charge in [-0.25, -0.2) is 8.42 Å². The third-order valence-electron chi connectivity index (χ3n) is 3.74. The number of carbonyl (C=O) groups is 1. The summed E-state index contributed by atoms with van der Waals surface area (Å²) in [4.78, 5) is 22.6. The molecule has 28 heavy (non-hydrogen) atoms. The minimum Gasteiger partial charge on any atom is -0.494 e. The summed E-state index contributed by atoms with van der Waals surface area (Å²) < 4.78 is 30.3. The van der Waals surface area contributed by atoms with Gasteiger partial charge in [0, 0.05) is 18.7 Å². The van der Waals surface area contributed by atoms with Gasteiger partial charge < -0.3 is 10.1 Å². The third kappa shape index (κ3) is 5.95. The van der Waals surface area contributed by atoms with Crippen LogP contribution in [-0.2, 0) is 21.4 Å². The van der Waals surface area contributed by atoms with Gasteiger partial charge in [-0.3, -0.25) is 19.2 Å². The lowest BCUT2D eigenvalue weighted by atomic mass is 10.2. The van der Waals surface area contributed by atoms with Crippen LogP contribution in [0.1, 0.15) is 12.5 Å². The molecule has 0 heterocycles. The molecule has 0 spiro atoms. The summed E-state index contributed by atoms with van der Waals surface area (Å²) in [6, 6.07) is 12.3. The number of nitro groups is 1. The average Bonchev–Trinajstić information content (AvgIpc) is 2.65. The molecular weight excluding hydrogens is 386 g/mol. The normalized spacial score (nSPS) is 10.9. The number of rotatable bonds is 9. The lowest BCUT2D eigenvalue weighted by Gasteiger charge is -2.21. The van der Waals surface area contributed by atoms with Crippen molar-refractivity contribution in [1.29, 1.82) is 0 Å². The van der Waals surface area contributed by atoms with Crippen molar-refractivity contribution in [2.24, 2.45) is 0 Å². The van der Waals surface area contributed by atoms with Crippen LogP contribution in [0.3, 0.4) is 0 Å². The summed E-state index contributed by atoms with van der Waals surface area (Å²) in [5.74, 6) is 0.178. The molecule has 0 aliphatic heterocycles. The summed E-state index contributed by atoms with van der Waals surface area (Å²) >= 11 is 0. The van der Waals surface area contributed by atoms with Crippen LogP contribution in [0.15, 0.2) is 48.5 Å². The number of anilines is 1. The Hall–Kier alpha value is -3.14. The Labute approximate surface area is 163 Å². The minimum absolute atomic E-state index is 0.0490. The van der Waals surface area contributed by atoms with Crippen molar-refractivity contribution in [3.8, 4) is 5.75 Å². The molecule has 0 aromatic heterocycles. The molecule has 9 nitrogen and oxygen atoms in total. The molecular formula is C18H21N3O6S. The Morgan fingerprint density at radius 1 is 1.21 bits per heavy atom. The molecule has 0 unspecified atom stereocenters. The molecule has 0 atom stereocenters. The number of carbonyl (C=O) groups excluding carboxylic acids is 1. The van der Waals surface area contributed by atoms with Gasteiger partial charge in [0.1, 0.15) is 12.3 Å². The lowest BCUT2D eigenvalue weighted by Crippen LogP contribution is -2.40. The molecule has 150 valence electrons. The first kappa shape index (κ1) is 21.2. The van der Waals surface area contributed by atoms with Crippen LogP contribution in [0.4, 0.5) is 11.4 Å². The quantitative estimate of drug-likeness (QED) is 0.502. The Morgan fingerprint density at radius 3 is 2.46 bits per heavy atom. The van der Waals surface area contributed by atoms with Crippen LogP contribution in [-0.4, -0.2) is 38.7 Å². The van der Waals surface area contributed by atoms with E-state index in [0.29, 0.717) is 12.4 Å². The van der Waals surface area contributed by atoms with Crippen molar-refractivity contribution in [2.45, 2.75) is 13.5 Å². The smallest absolute Gasteiger partial charge is 0.271 e. The SMILES string of the molecule is CCOc1ccc(CNC(=O)CN(c2cccc([N+](=O)[O-])c2)S(C)(=O)=O)cc1. The zero-order valence-corrected chi connectivity index (χ0v) is 16.3. The maximum absolute atomic E-state index is 12.3. The molecule has 0 radical (unpaired) electrons. The van der Waals surface area contributed by atoms with Gasteiger partial charge in [-0.05, 0) is 30.7 Å². The number of benzene rings is 2. The summed E-state index contributed by atoms with van der Waals surface area (Å²) in [6.45, 7) is 2.15. The van der Waals surface area contributed by atoms with Crippen LogP contribution in [0.5, 0.6) is 5.75 Å². The molecule has 0 bridgehead atoms. The molecule has 2 rings (SSSR count). The minimum atomic E-state index is -3.82. The molecule has 0 aliphatic carbocycles. The molecule has 0 fully saturated rings. The summed E-state index contributed by atoms with van der Waals surface area (Å²) in [6.07, 6.45) is 0.936. The van der Waals surface area contributed by atoms with E-state index in [2.05, 4.69) is 5.32 Å². The van der Waals surface area contributed by atoms with Gasteiger partial charge in [0.25, 0.3) is 5.69 Å². The second kappa shape index (κ2) is 9.18. The van der Waals surface area contributed by atoms with E-state index in [1.165, 1.54) is 18.2 Å². The lowest BCUT2D eigenvalue weighted by molar-refractivity contribution is -0.384. The number of amides is 1. The number of non-ortho nitro benzene ring substituents is 1. The number of nitrogens with one attached hydrogen (secondary N) is 1. The van der Waals surface area contributed by atoms with Crippen LogP contribution >= 0.6 is 0 Å². The van der Waals surface area contributed by atoms with Crippen molar-refractivity contribution in [1.82, 2.24) is 5.32 Å². The predicted octanol–water partition coefficient (Wildman–Crippen LogP) is 2.08. The van der Waals surface area contributed by atoms with Crippen molar-refractivity contribution in [3.63, 3.8) is 0 Å². The fourth-order valence-electron chi connectivity index (χ4n) is 2.42. The second-order valence-corrected chi connectivity index (χ2v) is 7.81. The van der Waals surface area contributed by atoms with E-state index in [4.69, 9.17) is 4.74 Å². The van der Waals surface area contributed by atoms with E-state index in [9.17, 15) is 23.3 Å². The van der Waals surface area contributed by atoms with Gasteiger partial charge in [0.2, 0.25) is 15.9 Å². The van der Waals surface area contributed by atoms with Crippen molar-refractivity contribution < 1.29 is 22.9 Å². The molecule has 1 amide bonds. The van der Waals surface area contributed by atoms with Gasteiger partial charge in [-0.2, -0.15) is 0 Å². The molecule has 0 saturated heterocycles. The maximum atomic E-state index is 12.3. The number of hydrogen-bond donors (Lipinski definition) is 1. The van der Waals surface area contributed by atoms with E-state index >= 15 is 0 Å². The first-order valence-electron chi connectivity index (χ1n) is 8.41. The molecule has 10 heteroatoms. The number of nitro benzene ring substituents is 1. The summed E-state index contributed by atoms with van der Waals surface area (Å²) in [7, 11) is -3.82. The van der Waals surface area contributed by atoms with E-state index in [0.717, 1.165) is 22.2 Å². The standard InChI is InChI=1S/C18H21N3O6S/c1-3-27-17-9-7-14(8-10-17)12-19-18(22)13-20(28(2,25)26)15-5-4-6-16(11-15)21(23)24/h4-11H,3,12-13H2,1-2H3,(H,19,22). The number of hydrogen-bond acceptors (Lipinski definition) is 6. The van der Waals surface area contributed by atoms with Crippen molar-refractivity contribution in [3.05, 3.63) is 64.2 Å². The van der Waals surface area contributed by atoms with Gasteiger partial charge in [0.15, 0.2) is 0 Å². The largest absolute Gasteiger partial charge is 0.494 e. The molecule has 1 N–H and O–H groups in total. The van der Waals surface area contributed by atoms with Crippen LogP contribution in [0.2, 0.25) is 0 Å². The Kier molecular flexibility index (Phi) is 6.94. The second-order valence-electron chi connectivity index (χ2n) is 5.90. The Morgan fingerprint density at radius 2 is 1.89 bits per heavy atom. The van der Waals surface area contributed by atoms with E-state index < -0.39 is 27.4 Å². The van der Waals surface area contributed by atoms with E-state index in [1.807, 2.05) is 6.92 Å². The maximum Gasteiger partial charge on any atom is 0.271 e. The topological polar surface area (TPSA) is 119 Å². The fourth-order valence-corrected chi connectivity index (χ4v) is 3.27. The van der Waals surface area contributed by atoms with Crippen LogP contribution < -0.4 is 14.4 Å².